The molecule has 2 atom stereocenters. The SMILES string of the molecule is CC1CC(C)CN(C(=O)Cn2nnc3c(cnn3C)c2=O)C1. The van der Waals surface area contributed by atoms with Crippen LogP contribution in [-0.4, -0.2) is 48.7 Å². The highest BCUT2D eigenvalue weighted by molar-refractivity contribution is 5.77. The first-order chi connectivity index (χ1) is 10.5. The summed E-state index contributed by atoms with van der Waals surface area (Å²) in [5.41, 5.74) is 0.0958. The third kappa shape index (κ3) is 2.60. The lowest BCUT2D eigenvalue weighted by atomic mass is 9.92. The second-order valence-corrected chi connectivity index (χ2v) is 6.30. The quantitative estimate of drug-likeness (QED) is 0.781. The summed E-state index contributed by atoms with van der Waals surface area (Å²) in [6.07, 6.45) is 2.59. The minimum atomic E-state index is -0.329. The molecule has 118 valence electrons. The van der Waals surface area contributed by atoms with E-state index in [-0.39, 0.29) is 18.0 Å². The molecule has 22 heavy (non-hydrogen) atoms. The molecule has 0 N–H and O–H groups in total. The van der Waals surface area contributed by atoms with Crippen LogP contribution in [0.3, 0.4) is 0 Å². The monoisotopic (exact) mass is 304 g/mol. The standard InChI is InChI=1S/C14H20N6O2/c1-9-4-10(2)7-19(6-9)12(21)8-20-14(22)11-5-15-18(3)13(11)16-17-20/h5,9-10H,4,6-8H2,1-3H3. The molecule has 8 nitrogen and oxygen atoms in total. The van der Waals surface area contributed by atoms with E-state index in [2.05, 4.69) is 29.3 Å². The minimum Gasteiger partial charge on any atom is -0.341 e. The van der Waals surface area contributed by atoms with Gasteiger partial charge in [0, 0.05) is 20.1 Å². The first kappa shape index (κ1) is 14.7. The number of amides is 1. The average Bonchev–Trinajstić information content (AvgIpc) is 2.83. The van der Waals surface area contributed by atoms with Crippen molar-refractivity contribution in [1.29, 1.82) is 0 Å². The Morgan fingerprint density at radius 3 is 2.68 bits per heavy atom. The van der Waals surface area contributed by atoms with Crippen LogP contribution in [0.25, 0.3) is 11.0 Å². The highest BCUT2D eigenvalue weighted by Gasteiger charge is 2.26. The van der Waals surface area contributed by atoms with Gasteiger partial charge >= 0.3 is 0 Å². The fourth-order valence-corrected chi connectivity index (χ4v) is 3.17. The van der Waals surface area contributed by atoms with Gasteiger partial charge in [-0.2, -0.15) is 5.10 Å². The van der Waals surface area contributed by atoms with Gasteiger partial charge in [0.25, 0.3) is 5.56 Å². The van der Waals surface area contributed by atoms with Gasteiger partial charge in [0.2, 0.25) is 5.91 Å². The zero-order valence-electron chi connectivity index (χ0n) is 13.1. The molecule has 1 amide bonds. The molecule has 2 unspecified atom stereocenters. The summed E-state index contributed by atoms with van der Waals surface area (Å²) in [6.45, 7) is 5.68. The minimum absolute atomic E-state index is 0.0733. The van der Waals surface area contributed by atoms with E-state index >= 15 is 0 Å². The number of rotatable bonds is 2. The Morgan fingerprint density at radius 1 is 1.32 bits per heavy atom. The zero-order valence-corrected chi connectivity index (χ0v) is 13.1. The molecule has 2 aromatic rings. The lowest BCUT2D eigenvalue weighted by Gasteiger charge is -2.34. The molecule has 0 bridgehead atoms. The summed E-state index contributed by atoms with van der Waals surface area (Å²) in [5, 5.41) is 12.2. The van der Waals surface area contributed by atoms with Gasteiger partial charge in [0.1, 0.15) is 11.9 Å². The number of aryl methyl sites for hydroxylation is 1. The summed E-state index contributed by atoms with van der Waals surface area (Å²) < 4.78 is 2.61. The first-order valence-electron chi connectivity index (χ1n) is 7.49. The predicted octanol–water partition coefficient (Wildman–Crippen LogP) is 0.0295. The van der Waals surface area contributed by atoms with Gasteiger partial charge in [-0.05, 0) is 18.3 Å². The van der Waals surface area contributed by atoms with Crippen LogP contribution < -0.4 is 5.56 Å². The molecule has 1 aliphatic heterocycles. The number of carbonyl (C=O) groups is 1. The largest absolute Gasteiger partial charge is 0.341 e. The summed E-state index contributed by atoms with van der Waals surface area (Å²) in [6, 6.07) is 0. The zero-order chi connectivity index (χ0) is 15.9. The van der Waals surface area contributed by atoms with Crippen LogP contribution in [0.15, 0.2) is 11.0 Å². The third-order valence-electron chi connectivity index (χ3n) is 4.13. The first-order valence-corrected chi connectivity index (χ1v) is 7.49. The van der Waals surface area contributed by atoms with Gasteiger partial charge in [-0.3, -0.25) is 9.59 Å². The Hall–Kier alpha value is -2.25. The Balaban J connectivity index is 1.82. The fraction of sp³-hybridized carbons (Fsp3) is 0.643. The van der Waals surface area contributed by atoms with E-state index in [1.165, 1.54) is 10.9 Å². The maximum atomic E-state index is 12.4. The second-order valence-electron chi connectivity index (χ2n) is 6.30. The van der Waals surface area contributed by atoms with E-state index in [0.29, 0.717) is 22.9 Å². The van der Waals surface area contributed by atoms with E-state index < -0.39 is 0 Å². The van der Waals surface area contributed by atoms with Crippen LogP contribution in [0.2, 0.25) is 0 Å². The Morgan fingerprint density at radius 2 is 2.00 bits per heavy atom. The Bertz CT molecular complexity index is 754. The predicted molar refractivity (Wildman–Crippen MR) is 80.1 cm³/mol. The molecule has 1 aliphatic rings. The highest BCUT2D eigenvalue weighted by Crippen LogP contribution is 2.21. The summed E-state index contributed by atoms with van der Waals surface area (Å²) in [5.74, 6) is 0.880. The van der Waals surface area contributed by atoms with E-state index in [9.17, 15) is 9.59 Å². The average molecular weight is 304 g/mol. The molecule has 8 heteroatoms. The van der Waals surface area contributed by atoms with Crippen LogP contribution in [0.1, 0.15) is 20.3 Å². The number of hydrogen-bond acceptors (Lipinski definition) is 5. The van der Waals surface area contributed by atoms with E-state index in [4.69, 9.17) is 0 Å². The number of likely N-dealkylation sites (tertiary alicyclic amines) is 1. The maximum absolute atomic E-state index is 12.4. The number of carbonyl (C=O) groups excluding carboxylic acids is 1. The maximum Gasteiger partial charge on any atom is 0.281 e. The molecule has 0 radical (unpaired) electrons. The van der Waals surface area contributed by atoms with Gasteiger partial charge in [-0.15, -0.1) is 5.10 Å². The molecule has 1 saturated heterocycles. The molecular weight excluding hydrogens is 284 g/mol. The number of aromatic nitrogens is 5. The van der Waals surface area contributed by atoms with Crippen molar-refractivity contribution in [1.82, 2.24) is 29.7 Å². The molecule has 1 fully saturated rings. The van der Waals surface area contributed by atoms with Crippen molar-refractivity contribution >= 4 is 16.9 Å². The van der Waals surface area contributed by atoms with Crippen molar-refractivity contribution in [2.45, 2.75) is 26.8 Å². The normalized spacial score (nSPS) is 22.2. The summed E-state index contributed by atoms with van der Waals surface area (Å²) >= 11 is 0. The lowest BCUT2D eigenvalue weighted by molar-refractivity contribution is -0.134. The van der Waals surface area contributed by atoms with Crippen molar-refractivity contribution in [3.63, 3.8) is 0 Å². The summed E-state index contributed by atoms with van der Waals surface area (Å²) in [7, 11) is 1.70. The topological polar surface area (TPSA) is 85.9 Å². The van der Waals surface area contributed by atoms with Gasteiger partial charge in [0.15, 0.2) is 5.65 Å². The van der Waals surface area contributed by atoms with Gasteiger partial charge < -0.3 is 4.90 Å². The van der Waals surface area contributed by atoms with E-state index in [1.807, 2.05) is 4.90 Å². The van der Waals surface area contributed by atoms with Crippen LogP contribution in [0, 0.1) is 11.8 Å². The lowest BCUT2D eigenvalue weighted by Crippen LogP contribution is -2.45. The van der Waals surface area contributed by atoms with E-state index in [0.717, 1.165) is 24.2 Å². The van der Waals surface area contributed by atoms with Crippen molar-refractivity contribution in [2.24, 2.45) is 18.9 Å². The Kier molecular flexibility index (Phi) is 3.67. The van der Waals surface area contributed by atoms with Crippen molar-refractivity contribution in [3.8, 4) is 0 Å². The number of piperidine rings is 1. The molecule has 0 saturated carbocycles. The Labute approximate surface area is 127 Å². The number of fused-ring (bicyclic) bond motifs is 1. The molecular formula is C14H20N6O2. The summed E-state index contributed by atoms with van der Waals surface area (Å²) in [4.78, 5) is 26.6. The fourth-order valence-electron chi connectivity index (χ4n) is 3.17. The van der Waals surface area contributed by atoms with Gasteiger partial charge in [-0.25, -0.2) is 9.36 Å². The molecule has 0 spiro atoms. The van der Waals surface area contributed by atoms with Crippen LogP contribution >= 0.6 is 0 Å². The van der Waals surface area contributed by atoms with Crippen LogP contribution in [0.4, 0.5) is 0 Å². The third-order valence-corrected chi connectivity index (χ3v) is 4.13. The van der Waals surface area contributed by atoms with Crippen molar-refractivity contribution < 1.29 is 4.79 Å². The number of hydrogen-bond donors (Lipinski definition) is 0. The molecule has 2 aromatic heterocycles. The van der Waals surface area contributed by atoms with Gasteiger partial charge in [-0.1, -0.05) is 19.1 Å². The van der Waals surface area contributed by atoms with E-state index in [1.54, 1.807) is 7.05 Å². The van der Waals surface area contributed by atoms with Crippen molar-refractivity contribution in [2.75, 3.05) is 13.1 Å². The smallest absolute Gasteiger partial charge is 0.281 e. The highest BCUT2D eigenvalue weighted by atomic mass is 16.2. The van der Waals surface area contributed by atoms with Crippen molar-refractivity contribution in [3.05, 3.63) is 16.6 Å². The molecule has 3 heterocycles. The number of nitrogens with zero attached hydrogens (tertiary/aromatic N) is 6. The van der Waals surface area contributed by atoms with Crippen LogP contribution in [-0.2, 0) is 18.4 Å². The molecule has 0 aromatic carbocycles. The van der Waals surface area contributed by atoms with Crippen LogP contribution in [0.5, 0.6) is 0 Å². The molecule has 3 rings (SSSR count). The van der Waals surface area contributed by atoms with Gasteiger partial charge in [0.05, 0.1) is 6.20 Å². The molecule has 0 aliphatic carbocycles. The second kappa shape index (κ2) is 5.51.